The van der Waals surface area contributed by atoms with Gasteiger partial charge in [0.25, 0.3) is 0 Å². The monoisotopic (exact) mass is 261 g/mol. The van der Waals surface area contributed by atoms with Crippen molar-refractivity contribution in [2.75, 3.05) is 0 Å². The quantitative estimate of drug-likeness (QED) is 0.509. The van der Waals surface area contributed by atoms with E-state index in [2.05, 4.69) is 0 Å². The van der Waals surface area contributed by atoms with E-state index in [1.54, 1.807) is 0 Å². The SMILES string of the molecule is O=C([O-])c1c(F)ccc2c1O[B-](O)(O)[C@@H]1C[C@H]21.[Na+]. The number of hydrogen-bond acceptors (Lipinski definition) is 5. The fraction of sp³-hybridized carbons (Fsp3) is 0.300. The second-order valence-corrected chi connectivity index (χ2v) is 4.51. The summed E-state index contributed by atoms with van der Waals surface area (Å²) in [5.41, 5.74) is -0.251. The summed E-state index contributed by atoms with van der Waals surface area (Å²) >= 11 is 0. The zero-order chi connectivity index (χ0) is 12.4. The zero-order valence-corrected chi connectivity index (χ0v) is 11.6. The zero-order valence-electron chi connectivity index (χ0n) is 9.59. The predicted molar refractivity (Wildman–Crippen MR) is 52.7 cm³/mol. The van der Waals surface area contributed by atoms with Gasteiger partial charge in [-0.05, 0) is 17.5 Å². The first-order valence-corrected chi connectivity index (χ1v) is 5.24. The molecule has 5 nitrogen and oxygen atoms in total. The van der Waals surface area contributed by atoms with Gasteiger partial charge in [0.2, 0.25) is 0 Å². The Bertz CT molecular complexity index is 535. The van der Waals surface area contributed by atoms with Crippen LogP contribution in [0.4, 0.5) is 4.39 Å². The molecule has 90 valence electrons. The summed E-state index contributed by atoms with van der Waals surface area (Å²) < 4.78 is 18.2. The summed E-state index contributed by atoms with van der Waals surface area (Å²) in [6, 6.07) is 2.44. The van der Waals surface area contributed by atoms with E-state index in [4.69, 9.17) is 4.65 Å². The topological polar surface area (TPSA) is 89.8 Å². The number of hydrogen-bond donors (Lipinski definition) is 2. The Kier molecular flexibility index (Phi) is 3.24. The maximum atomic E-state index is 13.4. The van der Waals surface area contributed by atoms with Gasteiger partial charge in [-0.15, -0.1) is 0 Å². The molecule has 3 rings (SSSR count). The normalized spacial score (nSPS) is 26.2. The summed E-state index contributed by atoms with van der Waals surface area (Å²) in [5, 5.41) is 30.0. The van der Waals surface area contributed by atoms with Gasteiger partial charge in [0.05, 0.1) is 17.3 Å². The van der Waals surface area contributed by atoms with E-state index in [0.717, 1.165) is 6.07 Å². The molecule has 0 bridgehead atoms. The smallest absolute Gasteiger partial charge is 0.669 e. The molecule has 1 saturated carbocycles. The van der Waals surface area contributed by atoms with Crippen LogP contribution < -0.4 is 39.3 Å². The molecular formula is C10H8BFNaO5-. The first kappa shape index (κ1) is 13.8. The van der Waals surface area contributed by atoms with Crippen LogP contribution in [0.3, 0.4) is 0 Å². The Morgan fingerprint density at radius 1 is 1.50 bits per heavy atom. The van der Waals surface area contributed by atoms with Crippen molar-refractivity contribution in [2.24, 2.45) is 0 Å². The number of fused-ring (bicyclic) bond motifs is 3. The largest absolute Gasteiger partial charge is 1.00 e. The van der Waals surface area contributed by atoms with Crippen molar-refractivity contribution in [1.29, 1.82) is 0 Å². The number of carbonyl (C=O) groups is 1. The molecule has 0 unspecified atom stereocenters. The minimum atomic E-state index is -3.11. The van der Waals surface area contributed by atoms with E-state index in [1.165, 1.54) is 6.07 Å². The molecule has 0 aromatic heterocycles. The maximum absolute atomic E-state index is 13.4. The van der Waals surface area contributed by atoms with Crippen molar-refractivity contribution in [1.82, 2.24) is 0 Å². The molecule has 0 saturated heterocycles. The first-order chi connectivity index (χ1) is 7.92. The molecule has 1 fully saturated rings. The number of rotatable bonds is 1. The standard InChI is InChI=1S/C10H9BFO5.Na/c12-7-2-1-4-5-3-6(5)11(15,16)17-9(4)8(7)10(13)14;/h1-2,5-6,15-16H,3H2,(H,13,14);/q-1;+1/p-1/t5-,6-;/m1./s1. The van der Waals surface area contributed by atoms with Crippen LogP contribution in [0.25, 0.3) is 0 Å². The van der Waals surface area contributed by atoms with Crippen LogP contribution in [-0.4, -0.2) is 22.8 Å². The average Bonchev–Trinajstić information content (AvgIpc) is 2.96. The molecule has 8 heteroatoms. The van der Waals surface area contributed by atoms with Crippen LogP contribution in [-0.2, 0) is 0 Å². The van der Waals surface area contributed by atoms with Gasteiger partial charge >= 0.3 is 36.3 Å². The molecule has 1 aliphatic heterocycles. The summed E-state index contributed by atoms with van der Waals surface area (Å²) in [6.07, 6.45) is 0.498. The molecule has 18 heavy (non-hydrogen) atoms. The molecule has 0 amide bonds. The number of halogens is 1. The van der Waals surface area contributed by atoms with Crippen LogP contribution in [0, 0.1) is 5.82 Å². The van der Waals surface area contributed by atoms with E-state index in [1.807, 2.05) is 0 Å². The van der Waals surface area contributed by atoms with Crippen LogP contribution in [0.1, 0.15) is 28.3 Å². The predicted octanol–water partition coefficient (Wildman–Crippen LogP) is -3.63. The number of carboxylic acids is 1. The number of carboxylic acid groups (broad SMARTS) is 1. The van der Waals surface area contributed by atoms with Crippen LogP contribution in [0.15, 0.2) is 12.1 Å². The van der Waals surface area contributed by atoms with Gasteiger partial charge < -0.3 is 24.6 Å². The second-order valence-electron chi connectivity index (χ2n) is 4.51. The molecule has 1 aromatic carbocycles. The molecule has 0 spiro atoms. The van der Waals surface area contributed by atoms with Gasteiger partial charge in [0.1, 0.15) is 5.82 Å². The van der Waals surface area contributed by atoms with Gasteiger partial charge in [0.15, 0.2) is 0 Å². The van der Waals surface area contributed by atoms with Crippen LogP contribution in [0.2, 0.25) is 5.82 Å². The van der Waals surface area contributed by atoms with Gasteiger partial charge in [-0.25, -0.2) is 4.39 Å². The van der Waals surface area contributed by atoms with Gasteiger partial charge in [-0.2, -0.15) is 0 Å². The Morgan fingerprint density at radius 3 is 2.78 bits per heavy atom. The second kappa shape index (κ2) is 4.21. The first-order valence-electron chi connectivity index (χ1n) is 5.24. The van der Waals surface area contributed by atoms with Crippen molar-refractivity contribution >= 4 is 12.7 Å². The van der Waals surface area contributed by atoms with Crippen molar-refractivity contribution in [2.45, 2.75) is 18.2 Å². The molecule has 1 aliphatic carbocycles. The van der Waals surface area contributed by atoms with Crippen molar-refractivity contribution in [3.63, 3.8) is 0 Å². The van der Waals surface area contributed by atoms with Gasteiger partial charge in [-0.3, -0.25) is 0 Å². The number of carbonyl (C=O) groups excluding carboxylic acids is 1. The summed E-state index contributed by atoms with van der Waals surface area (Å²) in [7, 11) is 0. The van der Waals surface area contributed by atoms with E-state index in [9.17, 15) is 24.3 Å². The third-order valence-corrected chi connectivity index (χ3v) is 3.43. The van der Waals surface area contributed by atoms with Crippen molar-refractivity contribution in [3.8, 4) is 5.75 Å². The Hall–Kier alpha value is -0.595. The van der Waals surface area contributed by atoms with Crippen molar-refractivity contribution in [3.05, 3.63) is 29.1 Å². The maximum Gasteiger partial charge on any atom is 1.00 e. The Balaban J connectivity index is 0.00000120. The summed E-state index contributed by atoms with van der Waals surface area (Å²) in [4.78, 5) is 10.8. The molecule has 2 atom stereocenters. The minimum Gasteiger partial charge on any atom is -0.669 e. The minimum absolute atomic E-state index is 0. The van der Waals surface area contributed by atoms with Gasteiger partial charge in [-0.1, -0.05) is 18.3 Å². The van der Waals surface area contributed by atoms with Crippen molar-refractivity contribution < 1.29 is 58.6 Å². The van der Waals surface area contributed by atoms with Gasteiger partial charge in [0, 0.05) is 0 Å². The van der Waals surface area contributed by atoms with Crippen LogP contribution >= 0.6 is 0 Å². The molecular weight excluding hydrogens is 253 g/mol. The Labute approximate surface area is 124 Å². The third kappa shape index (κ3) is 1.86. The fourth-order valence-corrected chi connectivity index (χ4v) is 2.50. The molecule has 0 radical (unpaired) electrons. The summed E-state index contributed by atoms with van der Waals surface area (Å²) in [5.74, 6) is -3.65. The molecule has 2 aliphatic rings. The summed E-state index contributed by atoms with van der Waals surface area (Å²) in [6.45, 7) is -3.11. The number of benzene rings is 1. The van der Waals surface area contributed by atoms with E-state index in [0.29, 0.717) is 12.0 Å². The molecule has 1 heterocycles. The average molecular weight is 261 g/mol. The molecule has 2 N–H and O–H groups in total. The number of aromatic carboxylic acids is 1. The van der Waals surface area contributed by atoms with E-state index in [-0.39, 0.29) is 41.2 Å². The van der Waals surface area contributed by atoms with Crippen LogP contribution in [0.5, 0.6) is 5.75 Å². The van der Waals surface area contributed by atoms with E-state index < -0.39 is 29.9 Å². The van der Waals surface area contributed by atoms with E-state index >= 15 is 0 Å². The third-order valence-electron chi connectivity index (χ3n) is 3.43. The fourth-order valence-electron chi connectivity index (χ4n) is 2.50. The Morgan fingerprint density at radius 2 is 2.17 bits per heavy atom. The molecule has 1 aromatic rings.